The van der Waals surface area contributed by atoms with Crippen LogP contribution in [0.5, 0.6) is 0 Å². The summed E-state index contributed by atoms with van der Waals surface area (Å²) in [5.41, 5.74) is 2.32. The highest BCUT2D eigenvalue weighted by molar-refractivity contribution is 6.01. The van der Waals surface area contributed by atoms with E-state index in [9.17, 15) is 4.79 Å². The molecule has 1 aromatic carbocycles. The van der Waals surface area contributed by atoms with Crippen molar-refractivity contribution in [3.8, 4) is 0 Å². The normalized spacial score (nSPS) is 15.3. The summed E-state index contributed by atoms with van der Waals surface area (Å²) < 4.78 is 0. The molecule has 0 saturated carbocycles. The second kappa shape index (κ2) is 4.30. The molecular weight excluding hydrogens is 186 g/mol. The molecular formula is C13H15NO. The van der Waals surface area contributed by atoms with Crippen LogP contribution in [0, 0.1) is 0 Å². The summed E-state index contributed by atoms with van der Waals surface area (Å²) in [4.78, 5) is 13.5. The number of nitrogens with zero attached hydrogens (tertiary/aromatic N) is 1. The molecule has 0 aliphatic carbocycles. The van der Waals surface area contributed by atoms with Gasteiger partial charge in [0, 0.05) is 12.2 Å². The zero-order valence-corrected chi connectivity index (χ0v) is 8.78. The molecule has 0 N–H and O–H groups in total. The maximum Gasteiger partial charge on any atom is 0.250 e. The average molecular weight is 201 g/mol. The van der Waals surface area contributed by atoms with Crippen molar-refractivity contribution < 1.29 is 4.79 Å². The fourth-order valence-electron chi connectivity index (χ4n) is 2.03. The second-order valence-electron chi connectivity index (χ2n) is 3.78. The topological polar surface area (TPSA) is 20.3 Å². The molecule has 1 aromatic rings. The molecule has 78 valence electrons. The van der Waals surface area contributed by atoms with Crippen LogP contribution in [-0.2, 0) is 11.2 Å². The lowest BCUT2D eigenvalue weighted by atomic mass is 10.1. The van der Waals surface area contributed by atoms with Gasteiger partial charge in [-0.05, 0) is 37.0 Å². The van der Waals surface area contributed by atoms with E-state index >= 15 is 0 Å². The van der Waals surface area contributed by atoms with E-state index in [1.165, 1.54) is 11.6 Å². The number of carbonyl (C=O) groups is 1. The minimum atomic E-state index is 0.00403. The number of benzene rings is 1. The summed E-state index contributed by atoms with van der Waals surface area (Å²) in [7, 11) is 0. The van der Waals surface area contributed by atoms with Crippen molar-refractivity contribution in [3.63, 3.8) is 0 Å². The molecule has 0 fully saturated rings. The average Bonchev–Trinajstić information content (AvgIpc) is 2.50. The van der Waals surface area contributed by atoms with Crippen molar-refractivity contribution in [1.82, 2.24) is 0 Å². The lowest BCUT2D eigenvalue weighted by molar-refractivity contribution is -0.114. The Hall–Kier alpha value is -1.57. The molecule has 0 spiro atoms. The number of aryl methyl sites for hydroxylation is 1. The minimum absolute atomic E-state index is 0.00403. The lowest BCUT2D eigenvalue weighted by Crippen LogP contribution is -2.29. The predicted octanol–water partition coefficient (Wildman–Crippen LogP) is 2.54. The second-order valence-corrected chi connectivity index (χ2v) is 3.78. The summed E-state index contributed by atoms with van der Waals surface area (Å²) in [6, 6.07) is 8.13. The van der Waals surface area contributed by atoms with Crippen LogP contribution in [0.2, 0.25) is 0 Å². The summed E-state index contributed by atoms with van der Waals surface area (Å²) in [6.07, 6.45) is 4.67. The highest BCUT2D eigenvalue weighted by Crippen LogP contribution is 2.26. The Kier molecular flexibility index (Phi) is 2.86. The molecule has 1 aliphatic rings. The van der Waals surface area contributed by atoms with Gasteiger partial charge in [0.25, 0.3) is 0 Å². The molecule has 2 rings (SSSR count). The van der Waals surface area contributed by atoms with Crippen LogP contribution in [0.25, 0.3) is 0 Å². The molecule has 1 aliphatic heterocycles. The molecule has 0 aromatic heterocycles. The molecule has 2 nitrogen and oxygen atoms in total. The largest absolute Gasteiger partial charge is 0.309 e. The van der Waals surface area contributed by atoms with Gasteiger partial charge in [-0.3, -0.25) is 4.79 Å². The Morgan fingerprint density at radius 1 is 1.33 bits per heavy atom. The molecule has 0 radical (unpaired) electrons. The van der Waals surface area contributed by atoms with Crippen LogP contribution in [0.4, 0.5) is 5.69 Å². The van der Waals surface area contributed by atoms with E-state index in [0.29, 0.717) is 0 Å². The van der Waals surface area contributed by atoms with Crippen LogP contribution in [0.1, 0.15) is 18.4 Å². The van der Waals surface area contributed by atoms with E-state index in [4.69, 9.17) is 0 Å². The fourth-order valence-corrected chi connectivity index (χ4v) is 2.03. The number of hydrogen-bond acceptors (Lipinski definition) is 1. The monoisotopic (exact) mass is 201 g/mol. The van der Waals surface area contributed by atoms with Crippen LogP contribution < -0.4 is 4.90 Å². The Balaban J connectivity index is 2.41. The Bertz CT molecular complexity index is 384. The number of para-hydroxylation sites is 1. The Morgan fingerprint density at radius 3 is 2.93 bits per heavy atom. The number of hydrogen-bond donors (Lipinski definition) is 0. The fraction of sp³-hybridized carbons (Fsp3) is 0.308. The number of anilines is 1. The zero-order chi connectivity index (χ0) is 10.7. The molecule has 2 heteroatoms. The van der Waals surface area contributed by atoms with Crippen LogP contribution >= 0.6 is 0 Å². The first-order chi connectivity index (χ1) is 7.33. The molecule has 0 saturated heterocycles. The molecule has 0 atom stereocenters. The van der Waals surface area contributed by atoms with Crippen molar-refractivity contribution in [3.05, 3.63) is 42.5 Å². The first-order valence-electron chi connectivity index (χ1n) is 5.35. The number of carbonyl (C=O) groups excluding carboxylic acids is 1. The summed E-state index contributed by atoms with van der Waals surface area (Å²) in [6.45, 7) is 4.36. The number of rotatable bonds is 1. The third kappa shape index (κ3) is 1.94. The lowest BCUT2D eigenvalue weighted by Gasteiger charge is -2.21. The van der Waals surface area contributed by atoms with Gasteiger partial charge in [0.1, 0.15) is 0 Å². The summed E-state index contributed by atoms with van der Waals surface area (Å²) in [5.74, 6) is 0.00403. The van der Waals surface area contributed by atoms with E-state index in [2.05, 4.69) is 12.6 Å². The third-order valence-corrected chi connectivity index (χ3v) is 2.80. The molecule has 1 amide bonds. The highest BCUT2D eigenvalue weighted by atomic mass is 16.2. The number of fused-ring (bicyclic) bond motifs is 1. The van der Waals surface area contributed by atoms with Crippen molar-refractivity contribution >= 4 is 11.6 Å². The standard InChI is InChI=1S/C13H15NO/c1-2-13(15)14-10-6-5-8-11-7-3-4-9-12(11)14/h2-4,7,9H,1,5-6,8,10H2. The van der Waals surface area contributed by atoms with Gasteiger partial charge in [0.05, 0.1) is 0 Å². The van der Waals surface area contributed by atoms with Crippen molar-refractivity contribution in [1.29, 1.82) is 0 Å². The van der Waals surface area contributed by atoms with E-state index in [1.54, 1.807) is 0 Å². The minimum Gasteiger partial charge on any atom is -0.309 e. The summed E-state index contributed by atoms with van der Waals surface area (Å²) in [5, 5.41) is 0. The smallest absolute Gasteiger partial charge is 0.250 e. The van der Waals surface area contributed by atoms with Gasteiger partial charge in [0.15, 0.2) is 0 Å². The summed E-state index contributed by atoms with van der Waals surface area (Å²) >= 11 is 0. The van der Waals surface area contributed by atoms with E-state index in [1.807, 2.05) is 23.1 Å². The van der Waals surface area contributed by atoms with E-state index < -0.39 is 0 Å². The van der Waals surface area contributed by atoms with Crippen LogP contribution in [-0.4, -0.2) is 12.5 Å². The highest BCUT2D eigenvalue weighted by Gasteiger charge is 2.18. The maximum absolute atomic E-state index is 11.7. The van der Waals surface area contributed by atoms with Crippen LogP contribution in [0.3, 0.4) is 0 Å². The van der Waals surface area contributed by atoms with Gasteiger partial charge in [0.2, 0.25) is 5.91 Å². The van der Waals surface area contributed by atoms with Crippen LogP contribution in [0.15, 0.2) is 36.9 Å². The van der Waals surface area contributed by atoms with Gasteiger partial charge in [-0.1, -0.05) is 24.8 Å². The van der Waals surface area contributed by atoms with E-state index in [0.717, 1.165) is 31.5 Å². The molecule has 1 heterocycles. The molecule has 0 bridgehead atoms. The SMILES string of the molecule is C=CC(=O)N1CCCCc2ccccc21. The Morgan fingerprint density at radius 2 is 2.13 bits per heavy atom. The predicted molar refractivity (Wildman–Crippen MR) is 61.9 cm³/mol. The van der Waals surface area contributed by atoms with Gasteiger partial charge < -0.3 is 4.90 Å². The van der Waals surface area contributed by atoms with Gasteiger partial charge in [-0.2, -0.15) is 0 Å². The first kappa shape index (κ1) is 9.97. The molecule has 0 unspecified atom stereocenters. The third-order valence-electron chi connectivity index (χ3n) is 2.80. The maximum atomic E-state index is 11.7. The van der Waals surface area contributed by atoms with Crippen molar-refractivity contribution in [2.75, 3.05) is 11.4 Å². The van der Waals surface area contributed by atoms with Gasteiger partial charge >= 0.3 is 0 Å². The van der Waals surface area contributed by atoms with Gasteiger partial charge in [-0.25, -0.2) is 0 Å². The molecule has 15 heavy (non-hydrogen) atoms. The van der Waals surface area contributed by atoms with Crippen molar-refractivity contribution in [2.45, 2.75) is 19.3 Å². The van der Waals surface area contributed by atoms with E-state index in [-0.39, 0.29) is 5.91 Å². The number of amides is 1. The van der Waals surface area contributed by atoms with Gasteiger partial charge in [-0.15, -0.1) is 0 Å². The Labute approximate surface area is 90.2 Å². The first-order valence-corrected chi connectivity index (χ1v) is 5.35. The quantitative estimate of drug-likeness (QED) is 0.639. The zero-order valence-electron chi connectivity index (χ0n) is 8.78. The van der Waals surface area contributed by atoms with Crippen molar-refractivity contribution in [2.24, 2.45) is 0 Å².